The molecule has 1 radical (unpaired) electrons. The third-order valence-electron chi connectivity index (χ3n) is 3.91. The molecule has 0 spiro atoms. The standard InChI is InChI=1S/C19H35O/c1-3-4-5-13-16-19(2)17-14-11-9-7-6-8-10-12-15-18-20/h11,14,19H,3-10,12-13,15-17H2,1-2H3/b14-11-. The van der Waals surface area contributed by atoms with E-state index in [0.29, 0.717) is 6.42 Å². The zero-order chi connectivity index (χ0) is 14.9. The van der Waals surface area contributed by atoms with Crippen molar-refractivity contribution in [3.63, 3.8) is 0 Å². The highest BCUT2D eigenvalue weighted by molar-refractivity contribution is 5.50. The van der Waals surface area contributed by atoms with Crippen LogP contribution in [0.4, 0.5) is 0 Å². The van der Waals surface area contributed by atoms with E-state index in [1.54, 1.807) is 0 Å². The number of unbranched alkanes of at least 4 members (excludes halogenated alkanes) is 9. The molecule has 0 aliphatic heterocycles. The molecule has 0 saturated carbocycles. The van der Waals surface area contributed by atoms with Gasteiger partial charge in [-0.25, -0.2) is 0 Å². The molecule has 0 aromatic rings. The number of rotatable bonds is 15. The van der Waals surface area contributed by atoms with Crippen LogP contribution in [0.5, 0.6) is 0 Å². The number of hydrogen-bond donors (Lipinski definition) is 0. The molecule has 117 valence electrons. The largest absolute Gasteiger partial charge is 0.291 e. The molecule has 0 bridgehead atoms. The summed E-state index contributed by atoms with van der Waals surface area (Å²) < 4.78 is 0. The Balaban J connectivity index is 3.23. The highest BCUT2D eigenvalue weighted by atomic mass is 16.1. The molecule has 1 nitrogen and oxygen atoms in total. The van der Waals surface area contributed by atoms with E-state index in [-0.39, 0.29) is 0 Å². The van der Waals surface area contributed by atoms with Crippen molar-refractivity contribution in [1.82, 2.24) is 0 Å². The molecule has 0 aliphatic rings. The van der Waals surface area contributed by atoms with Crippen LogP contribution in [-0.4, -0.2) is 6.29 Å². The van der Waals surface area contributed by atoms with Gasteiger partial charge in [-0.05, 0) is 31.6 Å². The molecular weight excluding hydrogens is 244 g/mol. The second kappa shape index (κ2) is 16.5. The first kappa shape index (κ1) is 19.4. The minimum atomic E-state index is 0.621. The quantitative estimate of drug-likeness (QED) is 0.251. The summed E-state index contributed by atoms with van der Waals surface area (Å²) in [6.07, 6.45) is 22.8. The third kappa shape index (κ3) is 15.5. The van der Waals surface area contributed by atoms with E-state index in [9.17, 15) is 4.79 Å². The van der Waals surface area contributed by atoms with Crippen molar-refractivity contribution < 1.29 is 4.79 Å². The fourth-order valence-electron chi connectivity index (χ4n) is 2.47. The van der Waals surface area contributed by atoms with E-state index >= 15 is 0 Å². The Bertz CT molecular complexity index is 220. The van der Waals surface area contributed by atoms with Crippen molar-refractivity contribution >= 4 is 6.29 Å². The highest BCUT2D eigenvalue weighted by Crippen LogP contribution is 2.14. The molecule has 0 aliphatic carbocycles. The van der Waals surface area contributed by atoms with Crippen molar-refractivity contribution in [2.75, 3.05) is 0 Å². The van der Waals surface area contributed by atoms with E-state index in [0.717, 1.165) is 12.3 Å². The van der Waals surface area contributed by atoms with Crippen LogP contribution >= 0.6 is 0 Å². The van der Waals surface area contributed by atoms with Gasteiger partial charge in [0.15, 0.2) is 6.29 Å². The molecule has 0 aromatic heterocycles. The first-order valence-corrected chi connectivity index (χ1v) is 8.81. The SMILES string of the molecule is CCCCCCC(C)C/C=C\CCCCCCC[C]=O. The molecule has 1 heteroatoms. The van der Waals surface area contributed by atoms with Gasteiger partial charge in [-0.15, -0.1) is 0 Å². The fourth-order valence-corrected chi connectivity index (χ4v) is 2.47. The van der Waals surface area contributed by atoms with Crippen LogP contribution in [-0.2, 0) is 4.79 Å². The average Bonchev–Trinajstić information content (AvgIpc) is 2.45. The topological polar surface area (TPSA) is 17.1 Å². The number of carbonyl (C=O) groups excluding carboxylic acids is 1. The van der Waals surface area contributed by atoms with E-state index < -0.39 is 0 Å². The first-order chi connectivity index (χ1) is 9.81. The second-order valence-corrected chi connectivity index (χ2v) is 6.11. The molecule has 1 unspecified atom stereocenters. The lowest BCUT2D eigenvalue weighted by atomic mass is 9.99. The third-order valence-corrected chi connectivity index (χ3v) is 3.91. The molecule has 0 amide bonds. The Morgan fingerprint density at radius 2 is 1.60 bits per heavy atom. The Labute approximate surface area is 127 Å². The van der Waals surface area contributed by atoms with Crippen LogP contribution in [0.1, 0.15) is 97.3 Å². The molecule has 0 fully saturated rings. The minimum Gasteiger partial charge on any atom is -0.291 e. The van der Waals surface area contributed by atoms with Crippen LogP contribution in [0.25, 0.3) is 0 Å². The minimum absolute atomic E-state index is 0.621. The smallest absolute Gasteiger partial charge is 0.198 e. The average molecular weight is 279 g/mol. The molecule has 0 saturated heterocycles. The van der Waals surface area contributed by atoms with Crippen LogP contribution in [0.2, 0.25) is 0 Å². The molecule has 0 aromatic carbocycles. The molecule has 0 heterocycles. The van der Waals surface area contributed by atoms with Crippen molar-refractivity contribution in [2.24, 2.45) is 5.92 Å². The van der Waals surface area contributed by atoms with E-state index in [1.807, 2.05) is 6.29 Å². The van der Waals surface area contributed by atoms with E-state index in [1.165, 1.54) is 70.6 Å². The van der Waals surface area contributed by atoms with Gasteiger partial charge in [-0.2, -0.15) is 0 Å². The zero-order valence-corrected chi connectivity index (χ0v) is 13.8. The zero-order valence-electron chi connectivity index (χ0n) is 13.8. The predicted octanol–water partition coefficient (Wildman–Crippen LogP) is 6.38. The Kier molecular flexibility index (Phi) is 16.0. The number of allylic oxidation sites excluding steroid dienone is 2. The maximum atomic E-state index is 10.0. The van der Waals surface area contributed by atoms with Crippen LogP contribution in [0, 0.1) is 5.92 Å². The van der Waals surface area contributed by atoms with Gasteiger partial charge in [0.2, 0.25) is 0 Å². The molecule has 0 rings (SSSR count). The van der Waals surface area contributed by atoms with Gasteiger partial charge in [0.1, 0.15) is 0 Å². The van der Waals surface area contributed by atoms with Crippen molar-refractivity contribution in [1.29, 1.82) is 0 Å². The second-order valence-electron chi connectivity index (χ2n) is 6.11. The van der Waals surface area contributed by atoms with Gasteiger partial charge >= 0.3 is 0 Å². The Morgan fingerprint density at radius 1 is 0.900 bits per heavy atom. The summed E-state index contributed by atoms with van der Waals surface area (Å²) in [4.78, 5) is 10.0. The highest BCUT2D eigenvalue weighted by Gasteiger charge is 1.98. The lowest BCUT2D eigenvalue weighted by Crippen LogP contribution is -1.92. The molecule has 20 heavy (non-hydrogen) atoms. The van der Waals surface area contributed by atoms with Crippen molar-refractivity contribution in [3.05, 3.63) is 12.2 Å². The maximum absolute atomic E-state index is 10.0. The summed E-state index contributed by atoms with van der Waals surface area (Å²) in [5.41, 5.74) is 0. The fraction of sp³-hybridized carbons (Fsp3) is 0.842. The molecule has 1 atom stereocenters. The van der Waals surface area contributed by atoms with Gasteiger partial charge in [0.25, 0.3) is 0 Å². The molecule has 0 N–H and O–H groups in total. The predicted molar refractivity (Wildman–Crippen MR) is 89.7 cm³/mol. The Hall–Kier alpha value is -0.590. The lowest BCUT2D eigenvalue weighted by Gasteiger charge is -2.07. The van der Waals surface area contributed by atoms with Crippen LogP contribution in [0.3, 0.4) is 0 Å². The van der Waals surface area contributed by atoms with Gasteiger partial charge in [-0.3, -0.25) is 4.79 Å². The summed E-state index contributed by atoms with van der Waals surface area (Å²) in [5, 5.41) is 0. The van der Waals surface area contributed by atoms with Gasteiger partial charge in [-0.1, -0.05) is 77.4 Å². The summed E-state index contributed by atoms with van der Waals surface area (Å²) in [6.45, 7) is 4.65. The lowest BCUT2D eigenvalue weighted by molar-refractivity contribution is 0.493. The summed E-state index contributed by atoms with van der Waals surface area (Å²) >= 11 is 0. The first-order valence-electron chi connectivity index (χ1n) is 8.81. The summed E-state index contributed by atoms with van der Waals surface area (Å²) in [6, 6.07) is 0. The van der Waals surface area contributed by atoms with Gasteiger partial charge < -0.3 is 0 Å². The van der Waals surface area contributed by atoms with Crippen molar-refractivity contribution in [3.8, 4) is 0 Å². The van der Waals surface area contributed by atoms with Crippen molar-refractivity contribution in [2.45, 2.75) is 97.3 Å². The summed E-state index contributed by atoms with van der Waals surface area (Å²) in [5.74, 6) is 0.850. The van der Waals surface area contributed by atoms with Gasteiger partial charge in [0.05, 0.1) is 0 Å². The monoisotopic (exact) mass is 279 g/mol. The summed E-state index contributed by atoms with van der Waals surface area (Å²) in [7, 11) is 0. The van der Waals surface area contributed by atoms with Crippen LogP contribution < -0.4 is 0 Å². The van der Waals surface area contributed by atoms with E-state index in [2.05, 4.69) is 26.0 Å². The van der Waals surface area contributed by atoms with Crippen LogP contribution in [0.15, 0.2) is 12.2 Å². The van der Waals surface area contributed by atoms with Gasteiger partial charge in [0, 0.05) is 6.42 Å². The van der Waals surface area contributed by atoms with E-state index in [4.69, 9.17) is 0 Å². The Morgan fingerprint density at radius 3 is 2.35 bits per heavy atom. The maximum Gasteiger partial charge on any atom is 0.198 e. The molecular formula is C19H35O. The number of hydrogen-bond acceptors (Lipinski definition) is 1. The normalized spacial score (nSPS) is 12.9.